The van der Waals surface area contributed by atoms with Gasteiger partial charge in [-0.15, -0.1) is 0 Å². The predicted octanol–water partition coefficient (Wildman–Crippen LogP) is 4.01. The first-order valence-electron chi connectivity index (χ1n) is 8.91. The maximum Gasteiger partial charge on any atom is 0.495 e. The van der Waals surface area contributed by atoms with Crippen molar-refractivity contribution in [1.82, 2.24) is 0 Å². The van der Waals surface area contributed by atoms with E-state index in [0.29, 0.717) is 6.10 Å². The van der Waals surface area contributed by atoms with Crippen LogP contribution in [0.5, 0.6) is 5.75 Å². The summed E-state index contributed by atoms with van der Waals surface area (Å²) in [6.07, 6.45) is 6.59. The Hall–Kier alpha value is -0.995. The van der Waals surface area contributed by atoms with Crippen LogP contribution in [-0.2, 0) is 9.31 Å². The Balaban J connectivity index is 1.78. The fourth-order valence-electron chi connectivity index (χ4n) is 3.29. The fourth-order valence-corrected chi connectivity index (χ4v) is 3.29. The summed E-state index contributed by atoms with van der Waals surface area (Å²) >= 11 is 0. The lowest BCUT2D eigenvalue weighted by Crippen LogP contribution is -2.41. The van der Waals surface area contributed by atoms with Gasteiger partial charge >= 0.3 is 7.12 Å². The zero-order chi connectivity index (χ0) is 16.7. The third-order valence-corrected chi connectivity index (χ3v) is 5.61. The Labute approximate surface area is 140 Å². The summed E-state index contributed by atoms with van der Waals surface area (Å²) in [5.41, 5.74) is 1.63. The molecule has 4 heteroatoms. The first-order valence-corrected chi connectivity index (χ1v) is 8.91. The van der Waals surface area contributed by atoms with Crippen LogP contribution in [0.3, 0.4) is 0 Å². The molecule has 1 aromatic carbocycles. The molecule has 2 fully saturated rings. The van der Waals surface area contributed by atoms with Crippen LogP contribution >= 0.6 is 0 Å². The van der Waals surface area contributed by atoms with Crippen LogP contribution in [0.2, 0.25) is 0 Å². The number of rotatable bonds is 3. The highest BCUT2D eigenvalue weighted by Crippen LogP contribution is 2.37. The summed E-state index contributed by atoms with van der Waals surface area (Å²) < 4.78 is 18.6. The molecule has 3 nitrogen and oxygen atoms in total. The maximum atomic E-state index is 6.20. The minimum Gasteiger partial charge on any atom is -0.490 e. The summed E-state index contributed by atoms with van der Waals surface area (Å²) in [5.74, 6) is 0.937. The van der Waals surface area contributed by atoms with Crippen molar-refractivity contribution in [1.29, 1.82) is 0 Å². The molecule has 0 unspecified atom stereocenters. The number of hydrogen-bond acceptors (Lipinski definition) is 3. The minimum atomic E-state index is -0.324. The normalized spacial score (nSPS) is 24.0. The van der Waals surface area contributed by atoms with Gasteiger partial charge in [-0.1, -0.05) is 18.1 Å². The monoisotopic (exact) mass is 316 g/mol. The smallest absolute Gasteiger partial charge is 0.490 e. The van der Waals surface area contributed by atoms with E-state index in [1.54, 1.807) is 0 Å². The van der Waals surface area contributed by atoms with E-state index in [1.807, 2.05) is 0 Å². The van der Waals surface area contributed by atoms with Crippen LogP contribution in [0.4, 0.5) is 0 Å². The van der Waals surface area contributed by atoms with E-state index in [1.165, 1.54) is 37.7 Å². The van der Waals surface area contributed by atoms with Crippen molar-refractivity contribution in [3.05, 3.63) is 23.8 Å². The summed E-state index contributed by atoms with van der Waals surface area (Å²) in [7, 11) is -0.324. The van der Waals surface area contributed by atoms with Crippen LogP contribution in [0.1, 0.15) is 65.4 Å². The van der Waals surface area contributed by atoms with Crippen molar-refractivity contribution in [2.45, 2.75) is 84.0 Å². The van der Waals surface area contributed by atoms with E-state index in [-0.39, 0.29) is 18.3 Å². The molecule has 0 aromatic heterocycles. The van der Waals surface area contributed by atoms with Crippen LogP contribution < -0.4 is 10.2 Å². The van der Waals surface area contributed by atoms with Gasteiger partial charge in [0.15, 0.2) is 0 Å². The second-order valence-electron chi connectivity index (χ2n) is 7.98. The lowest BCUT2D eigenvalue weighted by molar-refractivity contribution is 0.00578. The zero-order valence-corrected chi connectivity index (χ0v) is 15.1. The van der Waals surface area contributed by atoms with Gasteiger partial charge in [-0.2, -0.15) is 0 Å². The molecule has 1 aliphatic carbocycles. The van der Waals surface area contributed by atoms with Gasteiger partial charge in [0.2, 0.25) is 0 Å². The van der Waals surface area contributed by atoms with Gasteiger partial charge < -0.3 is 14.0 Å². The average Bonchev–Trinajstić information content (AvgIpc) is 2.70. The molecule has 0 amide bonds. The average molecular weight is 316 g/mol. The fraction of sp³-hybridized carbons (Fsp3) is 0.684. The molecule has 1 saturated heterocycles. The van der Waals surface area contributed by atoms with Gasteiger partial charge in [-0.3, -0.25) is 0 Å². The van der Waals surface area contributed by atoms with Gasteiger partial charge in [0.05, 0.1) is 17.3 Å². The molecule has 0 atom stereocenters. The molecule has 0 radical (unpaired) electrons. The van der Waals surface area contributed by atoms with E-state index in [9.17, 15) is 0 Å². The van der Waals surface area contributed by atoms with E-state index < -0.39 is 0 Å². The largest absolute Gasteiger partial charge is 0.495 e. The highest BCUT2D eigenvalue weighted by molar-refractivity contribution is 6.62. The summed E-state index contributed by atoms with van der Waals surface area (Å²) in [6, 6.07) is 6.28. The molecular formula is C19H29BO3. The highest BCUT2D eigenvalue weighted by atomic mass is 16.7. The van der Waals surface area contributed by atoms with Gasteiger partial charge in [0, 0.05) is 0 Å². The van der Waals surface area contributed by atoms with E-state index >= 15 is 0 Å². The molecule has 0 bridgehead atoms. The minimum absolute atomic E-state index is 0.315. The molecule has 2 aliphatic rings. The first-order chi connectivity index (χ1) is 10.8. The standard InChI is InChI=1S/C19H29BO3/c1-14-11-12-16(21-15-9-7-6-8-10-15)13-17(14)20-22-18(2,3)19(4,5)23-20/h11-13,15H,6-10H2,1-5H3. The molecule has 1 aromatic rings. The van der Waals surface area contributed by atoms with Crippen molar-refractivity contribution >= 4 is 12.6 Å². The second-order valence-corrected chi connectivity index (χ2v) is 7.98. The van der Waals surface area contributed by atoms with Crippen molar-refractivity contribution in [2.75, 3.05) is 0 Å². The number of benzene rings is 1. The highest BCUT2D eigenvalue weighted by Gasteiger charge is 2.52. The second kappa shape index (κ2) is 6.14. The first kappa shape index (κ1) is 16.8. The van der Waals surface area contributed by atoms with E-state index in [2.05, 4.69) is 52.8 Å². The quantitative estimate of drug-likeness (QED) is 0.789. The lowest BCUT2D eigenvalue weighted by atomic mass is 9.76. The Bertz CT molecular complexity index is 546. The van der Waals surface area contributed by atoms with Crippen LogP contribution in [0.15, 0.2) is 18.2 Å². The van der Waals surface area contributed by atoms with Crippen LogP contribution in [-0.4, -0.2) is 24.4 Å². The lowest BCUT2D eigenvalue weighted by Gasteiger charge is -2.32. The van der Waals surface area contributed by atoms with Crippen LogP contribution in [0.25, 0.3) is 0 Å². The molecule has 1 saturated carbocycles. The molecule has 126 valence electrons. The topological polar surface area (TPSA) is 27.7 Å². The summed E-state index contributed by atoms with van der Waals surface area (Å²) in [5, 5.41) is 0. The van der Waals surface area contributed by atoms with Gasteiger partial charge in [0.25, 0.3) is 0 Å². The molecular weight excluding hydrogens is 287 g/mol. The van der Waals surface area contributed by atoms with Gasteiger partial charge in [-0.25, -0.2) is 0 Å². The van der Waals surface area contributed by atoms with E-state index in [4.69, 9.17) is 14.0 Å². The number of aryl methyl sites for hydroxylation is 1. The van der Waals surface area contributed by atoms with E-state index in [0.717, 1.165) is 11.2 Å². The Morgan fingerprint density at radius 3 is 2.22 bits per heavy atom. The zero-order valence-electron chi connectivity index (χ0n) is 15.1. The van der Waals surface area contributed by atoms with Crippen LogP contribution in [0, 0.1) is 6.92 Å². The van der Waals surface area contributed by atoms with Crippen molar-refractivity contribution in [3.63, 3.8) is 0 Å². The maximum absolute atomic E-state index is 6.20. The Morgan fingerprint density at radius 1 is 1.00 bits per heavy atom. The van der Waals surface area contributed by atoms with Gasteiger partial charge in [0.1, 0.15) is 5.75 Å². The molecule has 23 heavy (non-hydrogen) atoms. The summed E-state index contributed by atoms with van der Waals surface area (Å²) in [6.45, 7) is 10.5. The summed E-state index contributed by atoms with van der Waals surface area (Å²) in [4.78, 5) is 0. The van der Waals surface area contributed by atoms with Crippen molar-refractivity contribution < 1.29 is 14.0 Å². The third kappa shape index (κ3) is 3.43. The molecule has 0 N–H and O–H groups in total. The van der Waals surface area contributed by atoms with Crippen molar-refractivity contribution in [2.24, 2.45) is 0 Å². The Morgan fingerprint density at radius 2 is 1.61 bits per heavy atom. The molecule has 0 spiro atoms. The number of hydrogen-bond donors (Lipinski definition) is 0. The molecule has 1 heterocycles. The Kier molecular flexibility index (Phi) is 4.50. The number of ether oxygens (including phenoxy) is 1. The third-order valence-electron chi connectivity index (χ3n) is 5.61. The van der Waals surface area contributed by atoms with Crippen molar-refractivity contribution in [3.8, 4) is 5.75 Å². The predicted molar refractivity (Wildman–Crippen MR) is 94.4 cm³/mol. The molecule has 1 aliphatic heterocycles. The molecule has 3 rings (SSSR count). The van der Waals surface area contributed by atoms with Gasteiger partial charge in [-0.05, 0) is 77.9 Å². The SMILES string of the molecule is Cc1ccc(OC2CCCCC2)cc1B1OC(C)(C)C(C)(C)O1.